The molecule has 10 rings (SSSR count). The highest BCUT2D eigenvalue weighted by Crippen LogP contribution is 2.61. The number of ether oxygens (including phenoxy) is 3. The maximum Gasteiger partial charge on any atom is 0.178 e. The third-order valence-corrected chi connectivity index (χ3v) is 12.7. The molecule has 1 atom stereocenters. The highest BCUT2D eigenvalue weighted by molar-refractivity contribution is 6.09. The molecule has 2 heterocycles. The van der Waals surface area contributed by atoms with Gasteiger partial charge in [-0.2, -0.15) is 0 Å². The third-order valence-electron chi connectivity index (χ3n) is 12.7. The molecule has 0 amide bonds. The summed E-state index contributed by atoms with van der Waals surface area (Å²) in [4.78, 5) is 10.1. The average molecular weight is 805 g/mol. The van der Waals surface area contributed by atoms with E-state index in [1.54, 1.807) is 14.2 Å². The number of halogens is 2. The second kappa shape index (κ2) is 14.9. The van der Waals surface area contributed by atoms with E-state index in [9.17, 15) is 0 Å². The van der Waals surface area contributed by atoms with Crippen LogP contribution in [0.1, 0.15) is 54.5 Å². The summed E-state index contributed by atoms with van der Waals surface area (Å²) in [5.74, 6) is 0.861. The number of hydrogen-bond acceptors (Lipinski definition) is 5. The van der Waals surface area contributed by atoms with Gasteiger partial charge in [0.05, 0.1) is 25.6 Å². The number of nitrogens with zero attached hydrogens (tertiary/aromatic N) is 2. The lowest BCUT2D eigenvalue weighted by Crippen LogP contribution is -2.35. The molecule has 1 unspecified atom stereocenters. The van der Waals surface area contributed by atoms with Crippen LogP contribution >= 0.6 is 0 Å². The van der Waals surface area contributed by atoms with E-state index in [0.717, 1.165) is 68.9 Å². The van der Waals surface area contributed by atoms with Crippen molar-refractivity contribution < 1.29 is 23.0 Å². The Balaban J connectivity index is 1.20. The van der Waals surface area contributed by atoms with E-state index >= 15 is 8.78 Å². The van der Waals surface area contributed by atoms with Crippen LogP contribution in [0.5, 0.6) is 17.2 Å². The zero-order chi connectivity index (χ0) is 41.9. The Hall–Kier alpha value is -7.12. The van der Waals surface area contributed by atoms with Crippen LogP contribution in [0.2, 0.25) is 0 Å². The number of rotatable bonds is 9. The Labute approximate surface area is 354 Å². The SMILES string of the molecule is CCC1(CC)c2ccccc2-c2c1c1c(c3cc(OC)c(OC)cc23)OC(c2ccc(-c3nc(-c4ccccc4)cc(-c4ccccc4)n3)cc2)(c2cc(F)cc(F)c2)C=C1. The molecule has 0 bridgehead atoms. The van der Waals surface area contributed by atoms with Gasteiger partial charge in [-0.15, -0.1) is 0 Å². The molecule has 2 aliphatic rings. The molecule has 0 saturated carbocycles. The second-order valence-corrected chi connectivity index (χ2v) is 15.7. The standard InChI is InChI=1S/C54H42F2N2O3/c1-5-53(6-2)44-20-14-13-19-40(44)49-42-30-47(59-3)48(60-4)31-43(42)51-41(50(49)53)25-26-54(61-51,37-27-38(55)29-39(56)28-37)36-23-21-35(22-24-36)52-57-45(33-15-9-7-10-16-33)32-46(58-52)34-17-11-8-12-18-34/h7-32H,5-6H2,1-4H3. The summed E-state index contributed by atoms with van der Waals surface area (Å²) in [7, 11) is 3.25. The molecule has 0 spiro atoms. The first kappa shape index (κ1) is 38.1. The first-order valence-electron chi connectivity index (χ1n) is 20.6. The molecule has 5 nitrogen and oxygen atoms in total. The van der Waals surface area contributed by atoms with Crippen LogP contribution in [0.3, 0.4) is 0 Å². The van der Waals surface area contributed by atoms with Gasteiger partial charge in [0.2, 0.25) is 0 Å². The van der Waals surface area contributed by atoms with Gasteiger partial charge < -0.3 is 14.2 Å². The molecule has 1 aliphatic heterocycles. The van der Waals surface area contributed by atoms with E-state index in [-0.39, 0.29) is 5.41 Å². The van der Waals surface area contributed by atoms with Crippen molar-refractivity contribution in [3.05, 3.63) is 191 Å². The fourth-order valence-electron chi connectivity index (χ4n) is 9.68. The van der Waals surface area contributed by atoms with Crippen molar-refractivity contribution in [2.24, 2.45) is 0 Å². The molecule has 7 aromatic carbocycles. The van der Waals surface area contributed by atoms with Crippen molar-refractivity contribution in [1.29, 1.82) is 0 Å². The molecule has 300 valence electrons. The Morgan fingerprint density at radius 1 is 0.590 bits per heavy atom. The maximum atomic E-state index is 15.4. The van der Waals surface area contributed by atoms with E-state index in [1.165, 1.54) is 28.8 Å². The highest BCUT2D eigenvalue weighted by atomic mass is 19.1. The smallest absolute Gasteiger partial charge is 0.178 e. The van der Waals surface area contributed by atoms with Crippen LogP contribution in [0.4, 0.5) is 8.78 Å². The number of fused-ring (bicyclic) bond motifs is 8. The van der Waals surface area contributed by atoms with Gasteiger partial charge in [0, 0.05) is 50.2 Å². The van der Waals surface area contributed by atoms with E-state index in [4.69, 9.17) is 24.2 Å². The van der Waals surface area contributed by atoms with Gasteiger partial charge in [0.1, 0.15) is 17.4 Å². The predicted molar refractivity (Wildman–Crippen MR) is 239 cm³/mol. The Kier molecular flexibility index (Phi) is 9.28. The molecule has 1 aromatic heterocycles. The first-order valence-corrected chi connectivity index (χ1v) is 20.6. The van der Waals surface area contributed by atoms with E-state index in [2.05, 4.69) is 44.2 Å². The molecule has 7 heteroatoms. The Morgan fingerprint density at radius 3 is 1.75 bits per heavy atom. The van der Waals surface area contributed by atoms with Gasteiger partial charge in [-0.1, -0.05) is 129 Å². The molecule has 61 heavy (non-hydrogen) atoms. The first-order chi connectivity index (χ1) is 29.8. The zero-order valence-electron chi connectivity index (χ0n) is 34.3. The summed E-state index contributed by atoms with van der Waals surface area (Å²) in [5.41, 5.74) is 9.17. The summed E-state index contributed by atoms with van der Waals surface area (Å²) in [6.45, 7) is 4.47. The fourth-order valence-corrected chi connectivity index (χ4v) is 9.68. The molecule has 0 saturated heterocycles. The number of benzene rings is 7. The largest absolute Gasteiger partial charge is 0.493 e. The van der Waals surface area contributed by atoms with Crippen LogP contribution in [-0.4, -0.2) is 24.2 Å². The molecule has 8 aromatic rings. The van der Waals surface area contributed by atoms with Crippen molar-refractivity contribution in [2.45, 2.75) is 37.7 Å². The van der Waals surface area contributed by atoms with E-state index in [1.807, 2.05) is 109 Å². The monoisotopic (exact) mass is 804 g/mol. The van der Waals surface area contributed by atoms with Crippen molar-refractivity contribution in [3.8, 4) is 62.3 Å². The molecule has 1 aliphatic carbocycles. The van der Waals surface area contributed by atoms with Crippen molar-refractivity contribution >= 4 is 16.8 Å². The normalized spacial score (nSPS) is 15.8. The van der Waals surface area contributed by atoms with Crippen LogP contribution in [0, 0.1) is 11.6 Å². The summed E-state index contributed by atoms with van der Waals surface area (Å²) < 4.78 is 50.0. The van der Waals surface area contributed by atoms with Gasteiger partial charge in [0.15, 0.2) is 22.9 Å². The van der Waals surface area contributed by atoms with Gasteiger partial charge in [-0.25, -0.2) is 18.7 Å². The van der Waals surface area contributed by atoms with E-state index < -0.39 is 17.2 Å². The van der Waals surface area contributed by atoms with Crippen LogP contribution in [-0.2, 0) is 11.0 Å². The minimum absolute atomic E-state index is 0.308. The third kappa shape index (κ3) is 6.01. The molecular weight excluding hydrogens is 763 g/mol. The quantitative estimate of drug-likeness (QED) is 0.145. The van der Waals surface area contributed by atoms with Crippen molar-refractivity contribution in [1.82, 2.24) is 9.97 Å². The zero-order valence-corrected chi connectivity index (χ0v) is 34.3. The molecule has 0 fully saturated rings. The lowest BCUT2D eigenvalue weighted by Gasteiger charge is -2.39. The summed E-state index contributed by atoms with van der Waals surface area (Å²) >= 11 is 0. The lowest BCUT2D eigenvalue weighted by atomic mass is 9.71. The summed E-state index contributed by atoms with van der Waals surface area (Å²) in [5, 5.41) is 1.74. The van der Waals surface area contributed by atoms with Crippen molar-refractivity contribution in [2.75, 3.05) is 14.2 Å². The van der Waals surface area contributed by atoms with Gasteiger partial charge in [-0.05, 0) is 76.9 Å². The number of methoxy groups -OCH3 is 2. The summed E-state index contributed by atoms with van der Waals surface area (Å²) in [6, 6.07) is 46.0. The molecule has 0 radical (unpaired) electrons. The minimum atomic E-state index is -1.45. The summed E-state index contributed by atoms with van der Waals surface area (Å²) in [6.07, 6.45) is 5.75. The predicted octanol–water partition coefficient (Wildman–Crippen LogP) is 13.4. The Morgan fingerprint density at radius 2 is 1.16 bits per heavy atom. The topological polar surface area (TPSA) is 53.5 Å². The number of hydrogen-bond donors (Lipinski definition) is 0. The second-order valence-electron chi connectivity index (χ2n) is 15.7. The Bertz CT molecular complexity index is 2940. The lowest BCUT2D eigenvalue weighted by molar-refractivity contribution is 0.162. The average Bonchev–Trinajstić information content (AvgIpc) is 3.62. The van der Waals surface area contributed by atoms with Gasteiger partial charge in [0.25, 0.3) is 0 Å². The molecule has 0 N–H and O–H groups in total. The van der Waals surface area contributed by atoms with Crippen molar-refractivity contribution in [3.63, 3.8) is 0 Å². The van der Waals surface area contributed by atoms with Gasteiger partial charge >= 0.3 is 0 Å². The maximum absolute atomic E-state index is 15.4. The number of aromatic nitrogens is 2. The van der Waals surface area contributed by atoms with E-state index in [0.29, 0.717) is 34.2 Å². The highest BCUT2D eigenvalue weighted by Gasteiger charge is 2.47. The van der Waals surface area contributed by atoms with Gasteiger partial charge in [-0.3, -0.25) is 0 Å². The minimum Gasteiger partial charge on any atom is -0.493 e. The van der Waals surface area contributed by atoms with Crippen LogP contribution < -0.4 is 14.2 Å². The van der Waals surface area contributed by atoms with Crippen LogP contribution in [0.15, 0.2) is 152 Å². The molecular formula is C54H42F2N2O3. The van der Waals surface area contributed by atoms with Crippen LogP contribution in [0.25, 0.3) is 61.9 Å². The fraction of sp³-hybridized carbons (Fsp3) is 0.148.